The van der Waals surface area contributed by atoms with E-state index in [0.29, 0.717) is 24.1 Å². The Morgan fingerprint density at radius 3 is 2.58 bits per heavy atom. The average Bonchev–Trinajstić information content (AvgIpc) is 3.57. The average molecular weight is 515 g/mol. The molecule has 3 aromatic rings. The molecule has 38 heavy (non-hydrogen) atoms. The highest BCUT2D eigenvalue weighted by Crippen LogP contribution is 2.60. The molecule has 3 aliphatic rings. The quantitative estimate of drug-likeness (QED) is 0.468. The van der Waals surface area contributed by atoms with E-state index in [0.717, 1.165) is 10.8 Å². The standard InChI is InChI=1S/C30H30N2O6/c1-2-37-29(36)24-23-14-15-30(38-23)25(24)28(35)32(22(17-33)19-9-4-3-5-10-19)26(30)27(34)31-21-13-12-18-8-6-7-11-20(18)16-21/h3-13,16,22-26,33H,2,14-15,17H2,1H3,(H,31,34)/t22-,23-,24+,25+,26?,30?/m1/s1. The molecule has 6 atom stereocenters. The maximum atomic E-state index is 14.2. The van der Waals surface area contributed by atoms with Crippen LogP contribution in [0.25, 0.3) is 10.8 Å². The summed E-state index contributed by atoms with van der Waals surface area (Å²) in [6, 6.07) is 20.8. The number of hydrogen-bond donors (Lipinski definition) is 2. The molecular formula is C30H30N2O6. The second-order valence-electron chi connectivity index (χ2n) is 10.2. The van der Waals surface area contributed by atoms with Gasteiger partial charge in [-0.25, -0.2) is 0 Å². The second-order valence-corrected chi connectivity index (χ2v) is 10.2. The van der Waals surface area contributed by atoms with Crippen LogP contribution in [-0.4, -0.2) is 58.8 Å². The van der Waals surface area contributed by atoms with Crippen molar-refractivity contribution in [3.8, 4) is 0 Å². The molecule has 3 heterocycles. The Kier molecular flexibility index (Phi) is 6.16. The Bertz CT molecular complexity index is 1390. The highest BCUT2D eigenvalue weighted by molar-refractivity contribution is 6.04. The molecule has 2 bridgehead atoms. The number of nitrogens with zero attached hydrogens (tertiary/aromatic N) is 1. The number of rotatable bonds is 7. The van der Waals surface area contributed by atoms with E-state index in [1.54, 1.807) is 6.92 Å². The fourth-order valence-corrected chi connectivity index (χ4v) is 6.74. The van der Waals surface area contributed by atoms with Crippen LogP contribution in [0.5, 0.6) is 0 Å². The van der Waals surface area contributed by atoms with E-state index in [2.05, 4.69) is 5.32 Å². The smallest absolute Gasteiger partial charge is 0.312 e. The lowest BCUT2D eigenvalue weighted by Gasteiger charge is -2.36. The van der Waals surface area contributed by atoms with Gasteiger partial charge >= 0.3 is 5.97 Å². The van der Waals surface area contributed by atoms with Crippen LogP contribution in [0.2, 0.25) is 0 Å². The van der Waals surface area contributed by atoms with E-state index in [1.807, 2.05) is 72.8 Å². The maximum Gasteiger partial charge on any atom is 0.312 e. The summed E-state index contributed by atoms with van der Waals surface area (Å²) >= 11 is 0. The SMILES string of the molecule is CCOC(=O)[C@@H]1[C@H]2C(=O)N([C@H](CO)c3ccccc3)C(C(=O)Nc3ccc4ccccc4c3)C23CC[C@H]1O3. The Hall–Kier alpha value is -3.75. The van der Waals surface area contributed by atoms with Gasteiger partial charge in [-0.1, -0.05) is 60.7 Å². The Labute approximate surface area is 220 Å². The van der Waals surface area contributed by atoms with Crippen molar-refractivity contribution in [3.05, 3.63) is 78.4 Å². The maximum absolute atomic E-state index is 14.2. The van der Waals surface area contributed by atoms with Crippen LogP contribution in [-0.2, 0) is 23.9 Å². The minimum Gasteiger partial charge on any atom is -0.466 e. The number of fused-ring (bicyclic) bond motifs is 2. The number of aliphatic hydroxyl groups excluding tert-OH is 1. The van der Waals surface area contributed by atoms with Crippen LogP contribution in [0, 0.1) is 11.8 Å². The number of ether oxygens (including phenoxy) is 2. The molecule has 2 N–H and O–H groups in total. The predicted octanol–water partition coefficient (Wildman–Crippen LogP) is 3.45. The second kappa shape index (κ2) is 9.53. The van der Waals surface area contributed by atoms with Gasteiger partial charge in [0.1, 0.15) is 11.6 Å². The molecule has 6 rings (SSSR count). The van der Waals surface area contributed by atoms with Crippen molar-refractivity contribution in [2.45, 2.75) is 43.6 Å². The van der Waals surface area contributed by atoms with Crippen molar-refractivity contribution in [2.24, 2.45) is 11.8 Å². The zero-order chi connectivity index (χ0) is 26.4. The van der Waals surface area contributed by atoms with Crippen molar-refractivity contribution in [2.75, 3.05) is 18.5 Å². The van der Waals surface area contributed by atoms with E-state index >= 15 is 0 Å². The zero-order valence-electron chi connectivity index (χ0n) is 21.1. The van der Waals surface area contributed by atoms with E-state index < -0.39 is 47.5 Å². The third-order valence-corrected chi connectivity index (χ3v) is 8.26. The number of amides is 2. The highest BCUT2D eigenvalue weighted by Gasteiger charge is 2.75. The van der Waals surface area contributed by atoms with Gasteiger partial charge in [-0.15, -0.1) is 0 Å². The molecule has 2 amide bonds. The number of benzene rings is 3. The predicted molar refractivity (Wildman–Crippen MR) is 140 cm³/mol. The van der Waals surface area contributed by atoms with E-state index in [1.165, 1.54) is 4.90 Å². The van der Waals surface area contributed by atoms with Crippen LogP contribution in [0.1, 0.15) is 31.4 Å². The van der Waals surface area contributed by atoms with Gasteiger partial charge in [-0.05, 0) is 48.2 Å². The van der Waals surface area contributed by atoms with Gasteiger partial charge in [0.25, 0.3) is 0 Å². The summed E-state index contributed by atoms with van der Waals surface area (Å²) in [6.07, 6.45) is 0.532. The molecule has 0 aliphatic carbocycles. The van der Waals surface area contributed by atoms with Crippen LogP contribution in [0.4, 0.5) is 5.69 Å². The molecule has 8 heteroatoms. The molecule has 3 aliphatic heterocycles. The van der Waals surface area contributed by atoms with Gasteiger partial charge < -0.3 is 24.8 Å². The molecule has 8 nitrogen and oxygen atoms in total. The minimum atomic E-state index is -1.18. The van der Waals surface area contributed by atoms with Crippen LogP contribution in [0.3, 0.4) is 0 Å². The number of carbonyl (C=O) groups excluding carboxylic acids is 3. The molecule has 3 fully saturated rings. The summed E-state index contributed by atoms with van der Waals surface area (Å²) in [7, 11) is 0. The first-order chi connectivity index (χ1) is 18.5. The molecule has 3 saturated heterocycles. The summed E-state index contributed by atoms with van der Waals surface area (Å²) in [6.45, 7) is 1.53. The topological polar surface area (TPSA) is 105 Å². The monoisotopic (exact) mass is 514 g/mol. The Morgan fingerprint density at radius 2 is 1.84 bits per heavy atom. The third-order valence-electron chi connectivity index (χ3n) is 8.26. The highest BCUT2D eigenvalue weighted by atomic mass is 16.6. The van der Waals surface area contributed by atoms with Crippen molar-refractivity contribution < 1.29 is 29.0 Å². The molecular weight excluding hydrogens is 484 g/mol. The van der Waals surface area contributed by atoms with Crippen molar-refractivity contribution in [1.82, 2.24) is 4.90 Å². The number of carbonyl (C=O) groups is 3. The lowest BCUT2D eigenvalue weighted by atomic mass is 9.70. The summed E-state index contributed by atoms with van der Waals surface area (Å²) in [5.41, 5.74) is 0.114. The first kappa shape index (κ1) is 24.6. The van der Waals surface area contributed by atoms with E-state index in [-0.39, 0.29) is 19.1 Å². The van der Waals surface area contributed by atoms with E-state index in [9.17, 15) is 19.5 Å². The molecule has 3 aromatic carbocycles. The van der Waals surface area contributed by atoms with Gasteiger partial charge in [-0.3, -0.25) is 14.4 Å². The van der Waals surface area contributed by atoms with Crippen molar-refractivity contribution >= 4 is 34.2 Å². The Morgan fingerprint density at radius 1 is 1.11 bits per heavy atom. The van der Waals surface area contributed by atoms with Gasteiger partial charge in [-0.2, -0.15) is 0 Å². The molecule has 0 aromatic heterocycles. The lowest BCUT2D eigenvalue weighted by Crippen LogP contribution is -2.54. The number of likely N-dealkylation sites (tertiary alicyclic amines) is 1. The van der Waals surface area contributed by atoms with Gasteiger partial charge in [0.05, 0.1) is 37.2 Å². The molecule has 0 radical (unpaired) electrons. The number of nitrogens with one attached hydrogen (secondary N) is 1. The summed E-state index contributed by atoms with van der Waals surface area (Å²) in [5.74, 6) is -2.89. The summed E-state index contributed by atoms with van der Waals surface area (Å²) in [4.78, 5) is 42.7. The van der Waals surface area contributed by atoms with Crippen LogP contribution < -0.4 is 5.32 Å². The number of aliphatic hydroxyl groups is 1. The molecule has 1 spiro atoms. The molecule has 0 saturated carbocycles. The van der Waals surface area contributed by atoms with Crippen LogP contribution >= 0.6 is 0 Å². The zero-order valence-corrected chi connectivity index (χ0v) is 21.1. The van der Waals surface area contributed by atoms with Gasteiger partial charge in [0, 0.05) is 5.69 Å². The largest absolute Gasteiger partial charge is 0.466 e. The summed E-state index contributed by atoms with van der Waals surface area (Å²) < 4.78 is 11.8. The van der Waals surface area contributed by atoms with Gasteiger partial charge in [0.2, 0.25) is 11.8 Å². The minimum absolute atomic E-state index is 0.189. The normalized spacial score (nSPS) is 28.4. The Balaban J connectivity index is 1.42. The lowest BCUT2D eigenvalue weighted by molar-refractivity contribution is -0.155. The fourth-order valence-electron chi connectivity index (χ4n) is 6.74. The number of hydrogen-bond acceptors (Lipinski definition) is 6. The van der Waals surface area contributed by atoms with Crippen LogP contribution in [0.15, 0.2) is 72.8 Å². The molecule has 196 valence electrons. The van der Waals surface area contributed by atoms with Gasteiger partial charge in [0.15, 0.2) is 0 Å². The fraction of sp³-hybridized carbons (Fsp3) is 0.367. The first-order valence-electron chi connectivity index (χ1n) is 13.1. The third kappa shape index (κ3) is 3.70. The first-order valence-corrected chi connectivity index (χ1v) is 13.1. The summed E-state index contributed by atoms with van der Waals surface area (Å²) in [5, 5.41) is 15.5. The van der Waals surface area contributed by atoms with Crippen molar-refractivity contribution in [3.63, 3.8) is 0 Å². The van der Waals surface area contributed by atoms with E-state index in [4.69, 9.17) is 9.47 Å². The number of esters is 1. The van der Waals surface area contributed by atoms with Crippen molar-refractivity contribution in [1.29, 1.82) is 0 Å². The molecule has 2 unspecified atom stereocenters. The number of anilines is 1.